The van der Waals surface area contributed by atoms with Crippen molar-refractivity contribution in [1.82, 2.24) is 15.2 Å². The van der Waals surface area contributed by atoms with Crippen LogP contribution < -0.4 is 15.4 Å². The van der Waals surface area contributed by atoms with Crippen LogP contribution in [0.5, 0.6) is 5.19 Å². The van der Waals surface area contributed by atoms with E-state index in [0.717, 1.165) is 41.6 Å². The summed E-state index contributed by atoms with van der Waals surface area (Å²) in [5, 5.41) is 16.0. The number of nitrogens with one attached hydrogen (secondary N) is 2. The summed E-state index contributed by atoms with van der Waals surface area (Å²) >= 11 is 1.35. The second kappa shape index (κ2) is 13.3. The Morgan fingerprint density at radius 3 is 2.68 bits per heavy atom. The maximum atomic E-state index is 14.2. The summed E-state index contributed by atoms with van der Waals surface area (Å²) < 4.78 is 34.8. The molecule has 3 aromatic rings. The maximum absolute atomic E-state index is 14.2. The Bertz CT molecular complexity index is 1520. The topological polar surface area (TPSA) is 121 Å². The molecule has 2 amide bonds. The second-order valence-electron chi connectivity index (χ2n) is 11.4. The third-order valence-electron chi connectivity index (χ3n) is 8.32. The lowest BCUT2D eigenvalue weighted by Crippen LogP contribution is -2.55. The molecule has 1 aromatic heterocycles. The molecular formula is C32H36F2N4O5S. The number of benzene rings is 2. The monoisotopic (exact) mass is 626 g/mol. The van der Waals surface area contributed by atoms with E-state index < -0.39 is 59.1 Å². The Morgan fingerprint density at radius 2 is 2.00 bits per heavy atom. The van der Waals surface area contributed by atoms with Gasteiger partial charge in [-0.15, -0.1) is 6.58 Å². The largest absolute Gasteiger partial charge is 0.479 e. The van der Waals surface area contributed by atoms with Gasteiger partial charge in [0.15, 0.2) is 11.6 Å². The highest BCUT2D eigenvalue weighted by molar-refractivity contribution is 7.20. The van der Waals surface area contributed by atoms with Gasteiger partial charge in [-0.3, -0.25) is 9.59 Å². The molecule has 44 heavy (non-hydrogen) atoms. The number of aliphatic carboxylic acids is 1. The molecule has 1 aliphatic heterocycles. The van der Waals surface area contributed by atoms with Gasteiger partial charge < -0.3 is 25.4 Å². The van der Waals surface area contributed by atoms with Crippen LogP contribution in [-0.4, -0.2) is 63.0 Å². The number of amides is 2. The van der Waals surface area contributed by atoms with Gasteiger partial charge in [0.1, 0.15) is 23.7 Å². The number of ether oxygens (including phenoxy) is 1. The van der Waals surface area contributed by atoms with Crippen molar-refractivity contribution in [1.29, 1.82) is 0 Å². The Morgan fingerprint density at radius 1 is 1.20 bits per heavy atom. The molecule has 2 fully saturated rings. The normalized spacial score (nSPS) is 23.2. The number of para-hydroxylation sites is 1. The molecule has 12 heteroatoms. The zero-order valence-electron chi connectivity index (χ0n) is 24.4. The van der Waals surface area contributed by atoms with Gasteiger partial charge in [0.2, 0.25) is 11.8 Å². The number of aromatic nitrogens is 1. The van der Waals surface area contributed by atoms with Crippen molar-refractivity contribution >= 4 is 45.0 Å². The van der Waals surface area contributed by atoms with Crippen LogP contribution in [0.1, 0.15) is 51.9 Å². The Balaban J connectivity index is 1.40. The third-order valence-corrected chi connectivity index (χ3v) is 9.25. The van der Waals surface area contributed by atoms with E-state index in [1.54, 1.807) is 0 Å². The molecule has 2 aromatic carbocycles. The van der Waals surface area contributed by atoms with Crippen LogP contribution in [0.15, 0.2) is 55.1 Å². The predicted octanol–water partition coefficient (Wildman–Crippen LogP) is 5.52. The number of nitrogens with zero attached hydrogens (tertiary/aromatic N) is 2. The SMILES string of the molecule is C=C[C@@H]1C[C@]1(NC(=O)[C@@H]1C[C@@H](Oc2nc3ccccc3s2)CN1C(=O)[C@H](CCCCCC)Nc1ccc(F)c(F)c1)C(=O)O. The van der Waals surface area contributed by atoms with E-state index in [0.29, 0.717) is 18.0 Å². The first-order valence-electron chi connectivity index (χ1n) is 14.9. The number of hydrogen-bond acceptors (Lipinski definition) is 7. The third kappa shape index (κ3) is 6.69. The smallest absolute Gasteiger partial charge is 0.330 e. The summed E-state index contributed by atoms with van der Waals surface area (Å²) in [6.07, 6.45) is 5.17. The lowest BCUT2D eigenvalue weighted by Gasteiger charge is -2.30. The molecule has 2 aliphatic rings. The van der Waals surface area contributed by atoms with Gasteiger partial charge in [-0.1, -0.05) is 62.2 Å². The quantitative estimate of drug-likeness (QED) is 0.159. The molecule has 3 N–H and O–H groups in total. The number of fused-ring (bicyclic) bond motifs is 1. The van der Waals surface area contributed by atoms with E-state index in [9.17, 15) is 28.3 Å². The van der Waals surface area contributed by atoms with Crippen molar-refractivity contribution in [3.8, 4) is 5.19 Å². The van der Waals surface area contributed by atoms with Crippen molar-refractivity contribution in [3.63, 3.8) is 0 Å². The van der Waals surface area contributed by atoms with Crippen LogP contribution in [0.2, 0.25) is 0 Å². The average Bonchev–Trinajstić information content (AvgIpc) is 3.33. The average molecular weight is 627 g/mol. The number of likely N-dealkylation sites (tertiary alicyclic amines) is 1. The summed E-state index contributed by atoms with van der Waals surface area (Å²) in [6.45, 7) is 5.81. The lowest BCUT2D eigenvalue weighted by molar-refractivity contribution is -0.145. The number of hydrogen-bond donors (Lipinski definition) is 3. The van der Waals surface area contributed by atoms with Crippen LogP contribution in [0, 0.1) is 17.6 Å². The molecule has 0 spiro atoms. The standard InChI is InChI=1S/C32H36F2N4O5S/c1-3-5-6-7-11-25(35-20-13-14-22(33)23(34)15-20)29(40)38-18-21(43-31-36-24-10-8-9-12-27(24)44-31)16-26(38)28(39)37-32(30(41)42)17-19(32)4-2/h4,8-10,12-15,19,21,25-26,35H,2-3,5-7,11,16-18H2,1H3,(H,37,39)(H,41,42)/t19-,21-,25+,26+,32-/m1/s1. The van der Waals surface area contributed by atoms with Gasteiger partial charge in [-0.25, -0.2) is 18.6 Å². The molecule has 0 bridgehead atoms. The highest BCUT2D eigenvalue weighted by Crippen LogP contribution is 2.45. The number of carboxylic acids is 1. The molecule has 2 heterocycles. The number of carbonyl (C=O) groups is 3. The molecule has 5 atom stereocenters. The van der Waals surface area contributed by atoms with Gasteiger partial charge in [0, 0.05) is 24.1 Å². The van der Waals surface area contributed by atoms with E-state index in [1.165, 1.54) is 28.4 Å². The van der Waals surface area contributed by atoms with Gasteiger partial charge >= 0.3 is 5.97 Å². The zero-order valence-corrected chi connectivity index (χ0v) is 25.2. The van der Waals surface area contributed by atoms with Crippen LogP contribution in [0.3, 0.4) is 0 Å². The Kier molecular flexibility index (Phi) is 9.48. The molecule has 234 valence electrons. The Labute approximate surface area is 258 Å². The minimum absolute atomic E-state index is 0.0583. The fourth-order valence-electron chi connectivity index (χ4n) is 5.76. The van der Waals surface area contributed by atoms with E-state index in [-0.39, 0.29) is 25.1 Å². The molecule has 1 saturated heterocycles. The second-order valence-corrected chi connectivity index (χ2v) is 12.4. The number of thiazole rings is 1. The number of halogens is 2. The first-order chi connectivity index (χ1) is 21.1. The number of rotatable bonds is 14. The lowest BCUT2D eigenvalue weighted by atomic mass is 10.0. The van der Waals surface area contributed by atoms with Gasteiger partial charge in [0.25, 0.3) is 5.19 Å². The summed E-state index contributed by atoms with van der Waals surface area (Å²) in [5.41, 5.74) is -0.469. The van der Waals surface area contributed by atoms with Crippen LogP contribution in [-0.2, 0) is 14.4 Å². The maximum Gasteiger partial charge on any atom is 0.330 e. The van der Waals surface area contributed by atoms with Gasteiger partial charge in [0.05, 0.1) is 16.8 Å². The summed E-state index contributed by atoms with van der Waals surface area (Å²) in [4.78, 5) is 45.9. The molecule has 1 aliphatic carbocycles. The number of unbranched alkanes of at least 4 members (excludes halogenated alkanes) is 3. The molecule has 5 rings (SSSR count). The van der Waals surface area contributed by atoms with Gasteiger partial charge in [-0.2, -0.15) is 0 Å². The highest BCUT2D eigenvalue weighted by Gasteiger charge is 2.61. The zero-order chi connectivity index (χ0) is 31.4. The number of anilines is 1. The Hall–Kier alpha value is -4.06. The molecule has 0 radical (unpaired) electrons. The van der Waals surface area contributed by atoms with E-state index in [2.05, 4.69) is 29.1 Å². The minimum atomic E-state index is -1.47. The summed E-state index contributed by atoms with van der Waals surface area (Å²) in [5.74, 6) is -4.65. The first-order valence-corrected chi connectivity index (χ1v) is 15.7. The summed E-state index contributed by atoms with van der Waals surface area (Å²) in [6, 6.07) is 9.03. The van der Waals surface area contributed by atoms with Crippen LogP contribution in [0.4, 0.5) is 14.5 Å². The molecule has 9 nitrogen and oxygen atoms in total. The molecular weight excluding hydrogens is 590 g/mol. The first kappa shape index (κ1) is 31.4. The molecule has 0 unspecified atom stereocenters. The summed E-state index contributed by atoms with van der Waals surface area (Å²) in [7, 11) is 0. The van der Waals surface area contributed by atoms with Crippen LogP contribution >= 0.6 is 11.3 Å². The predicted molar refractivity (Wildman–Crippen MR) is 163 cm³/mol. The van der Waals surface area contributed by atoms with Crippen LogP contribution in [0.25, 0.3) is 10.2 Å². The fraction of sp³-hybridized carbons (Fsp3) is 0.438. The van der Waals surface area contributed by atoms with Crippen molar-refractivity contribution < 1.29 is 33.0 Å². The van der Waals surface area contributed by atoms with E-state index >= 15 is 0 Å². The fourth-order valence-corrected chi connectivity index (χ4v) is 6.64. The molecule has 1 saturated carbocycles. The number of carbonyl (C=O) groups excluding carboxylic acids is 2. The minimum Gasteiger partial charge on any atom is -0.479 e. The van der Waals surface area contributed by atoms with Crippen molar-refractivity contribution in [3.05, 3.63) is 66.8 Å². The number of carboxylic acid groups (broad SMARTS) is 1. The van der Waals surface area contributed by atoms with Crippen molar-refractivity contribution in [2.75, 3.05) is 11.9 Å². The highest BCUT2D eigenvalue weighted by atomic mass is 32.1. The van der Waals surface area contributed by atoms with Gasteiger partial charge in [-0.05, 0) is 37.1 Å². The van der Waals surface area contributed by atoms with Crippen molar-refractivity contribution in [2.45, 2.75) is 75.6 Å². The van der Waals surface area contributed by atoms with E-state index in [1.807, 2.05) is 24.3 Å². The van der Waals surface area contributed by atoms with E-state index in [4.69, 9.17) is 4.74 Å². The van der Waals surface area contributed by atoms with Crippen molar-refractivity contribution in [2.24, 2.45) is 5.92 Å².